The first-order valence-corrected chi connectivity index (χ1v) is 5.18. The number of carbonyl (C=O) groups excluding carboxylic acids is 1. The monoisotopic (exact) mass is 199 g/mol. The number of amides is 1. The van der Waals surface area contributed by atoms with Gasteiger partial charge in [0.2, 0.25) is 5.91 Å². The van der Waals surface area contributed by atoms with Crippen LogP contribution >= 0.6 is 0 Å². The Balaban J connectivity index is 2.41. The number of rotatable bonds is 3. The van der Waals surface area contributed by atoms with Gasteiger partial charge in [0, 0.05) is 26.2 Å². The van der Waals surface area contributed by atoms with E-state index >= 15 is 0 Å². The summed E-state index contributed by atoms with van der Waals surface area (Å²) in [5, 5.41) is 0. The molecular weight excluding hydrogens is 178 g/mol. The summed E-state index contributed by atoms with van der Waals surface area (Å²) >= 11 is 0. The van der Waals surface area contributed by atoms with Crippen molar-refractivity contribution in [1.82, 2.24) is 9.80 Å². The molecule has 0 aromatic heterocycles. The fourth-order valence-electron chi connectivity index (χ4n) is 1.99. The minimum absolute atomic E-state index is 0.145. The van der Waals surface area contributed by atoms with E-state index < -0.39 is 0 Å². The van der Waals surface area contributed by atoms with Gasteiger partial charge in [-0.25, -0.2) is 0 Å². The van der Waals surface area contributed by atoms with Crippen LogP contribution < -0.4 is 5.73 Å². The van der Waals surface area contributed by atoms with Crippen LogP contribution in [0.25, 0.3) is 0 Å². The van der Waals surface area contributed by atoms with Crippen LogP contribution in [0.4, 0.5) is 0 Å². The molecule has 0 spiro atoms. The molecule has 4 heteroatoms. The van der Waals surface area contributed by atoms with Gasteiger partial charge in [-0.15, -0.1) is 0 Å². The average molecular weight is 199 g/mol. The summed E-state index contributed by atoms with van der Waals surface area (Å²) in [6, 6.07) is 0.633. The zero-order chi connectivity index (χ0) is 10.7. The Morgan fingerprint density at radius 1 is 1.36 bits per heavy atom. The molecule has 0 aromatic carbocycles. The molecule has 1 saturated carbocycles. The second kappa shape index (κ2) is 4.75. The van der Waals surface area contributed by atoms with Crippen molar-refractivity contribution >= 4 is 5.91 Å². The Hall–Kier alpha value is -0.610. The highest BCUT2D eigenvalue weighted by Gasteiger charge is 2.28. The second-order valence-electron chi connectivity index (χ2n) is 4.37. The van der Waals surface area contributed by atoms with Gasteiger partial charge in [-0.05, 0) is 19.9 Å². The largest absolute Gasteiger partial charge is 0.348 e. The third-order valence-electron chi connectivity index (χ3n) is 2.98. The van der Waals surface area contributed by atoms with Gasteiger partial charge in [-0.1, -0.05) is 6.42 Å². The third-order valence-corrected chi connectivity index (χ3v) is 2.98. The van der Waals surface area contributed by atoms with Crippen LogP contribution in [0.15, 0.2) is 0 Å². The van der Waals surface area contributed by atoms with Crippen molar-refractivity contribution in [3.8, 4) is 0 Å². The van der Waals surface area contributed by atoms with Crippen LogP contribution in [0.5, 0.6) is 0 Å². The van der Waals surface area contributed by atoms with Crippen LogP contribution in [0.1, 0.15) is 19.3 Å². The molecule has 4 nitrogen and oxygen atoms in total. The zero-order valence-corrected chi connectivity index (χ0v) is 9.36. The van der Waals surface area contributed by atoms with E-state index in [9.17, 15) is 4.79 Å². The van der Waals surface area contributed by atoms with Crippen molar-refractivity contribution in [3.05, 3.63) is 0 Å². The fraction of sp³-hybridized carbons (Fsp3) is 0.900. The fourth-order valence-corrected chi connectivity index (χ4v) is 1.99. The molecule has 2 N–H and O–H groups in total. The first-order valence-electron chi connectivity index (χ1n) is 5.18. The van der Waals surface area contributed by atoms with Crippen molar-refractivity contribution in [2.24, 2.45) is 5.73 Å². The quantitative estimate of drug-likeness (QED) is 0.690. The maximum absolute atomic E-state index is 11.5. The number of nitrogens with zero attached hydrogens (tertiary/aromatic N) is 2. The van der Waals surface area contributed by atoms with E-state index in [2.05, 4.69) is 4.90 Å². The van der Waals surface area contributed by atoms with Gasteiger partial charge >= 0.3 is 0 Å². The van der Waals surface area contributed by atoms with Crippen molar-refractivity contribution < 1.29 is 4.79 Å². The molecule has 0 heterocycles. The standard InChI is InChI=1S/C10H21N3O/c1-12(2)10(14)7-13(3)9-6-4-5-8(9)11/h8-9H,4-7,11H2,1-3H3. The molecule has 0 radical (unpaired) electrons. The van der Waals surface area contributed by atoms with E-state index in [1.807, 2.05) is 7.05 Å². The Morgan fingerprint density at radius 3 is 2.43 bits per heavy atom. The Kier molecular flexibility index (Phi) is 3.89. The summed E-state index contributed by atoms with van der Waals surface area (Å²) in [6.07, 6.45) is 3.40. The van der Waals surface area contributed by atoms with Crippen LogP contribution in [0.3, 0.4) is 0 Å². The molecule has 0 bridgehead atoms. The topological polar surface area (TPSA) is 49.6 Å². The lowest BCUT2D eigenvalue weighted by atomic mass is 10.1. The molecule has 1 amide bonds. The first-order chi connectivity index (χ1) is 6.52. The van der Waals surface area contributed by atoms with E-state index in [0.717, 1.165) is 12.8 Å². The Labute approximate surface area is 86.0 Å². The highest BCUT2D eigenvalue weighted by Crippen LogP contribution is 2.21. The second-order valence-corrected chi connectivity index (χ2v) is 4.37. The van der Waals surface area contributed by atoms with Crippen molar-refractivity contribution in [3.63, 3.8) is 0 Å². The smallest absolute Gasteiger partial charge is 0.236 e. The Bertz CT molecular complexity index is 206. The lowest BCUT2D eigenvalue weighted by Crippen LogP contribution is -2.46. The van der Waals surface area contributed by atoms with Gasteiger partial charge in [0.15, 0.2) is 0 Å². The van der Waals surface area contributed by atoms with Crippen molar-refractivity contribution in [1.29, 1.82) is 0 Å². The van der Waals surface area contributed by atoms with Crippen LogP contribution in [-0.2, 0) is 4.79 Å². The van der Waals surface area contributed by atoms with Gasteiger partial charge in [0.1, 0.15) is 0 Å². The van der Waals surface area contributed by atoms with Crippen molar-refractivity contribution in [2.45, 2.75) is 31.3 Å². The average Bonchev–Trinajstić information content (AvgIpc) is 2.51. The lowest BCUT2D eigenvalue weighted by molar-refractivity contribution is -0.130. The van der Waals surface area contributed by atoms with E-state index in [1.54, 1.807) is 19.0 Å². The Morgan fingerprint density at radius 2 is 2.00 bits per heavy atom. The molecule has 1 aliphatic carbocycles. The SMILES string of the molecule is CN(C)C(=O)CN(C)C1CCCC1N. The molecule has 1 aliphatic rings. The number of hydrogen-bond donors (Lipinski definition) is 1. The normalized spacial score (nSPS) is 26.9. The molecular formula is C10H21N3O. The summed E-state index contributed by atoms with van der Waals surface area (Å²) in [7, 11) is 5.55. The van der Waals surface area contributed by atoms with Gasteiger partial charge in [0.25, 0.3) is 0 Å². The number of nitrogens with two attached hydrogens (primary N) is 1. The van der Waals surface area contributed by atoms with Gasteiger partial charge in [-0.3, -0.25) is 9.69 Å². The molecule has 2 unspecified atom stereocenters. The molecule has 14 heavy (non-hydrogen) atoms. The number of carbonyl (C=O) groups is 1. The third kappa shape index (κ3) is 2.69. The molecule has 0 aliphatic heterocycles. The molecule has 1 rings (SSSR count). The van der Waals surface area contributed by atoms with Crippen LogP contribution in [-0.4, -0.2) is 55.5 Å². The van der Waals surface area contributed by atoms with E-state index in [4.69, 9.17) is 5.73 Å². The van der Waals surface area contributed by atoms with Crippen molar-refractivity contribution in [2.75, 3.05) is 27.7 Å². The zero-order valence-electron chi connectivity index (χ0n) is 9.36. The lowest BCUT2D eigenvalue weighted by Gasteiger charge is -2.27. The highest BCUT2D eigenvalue weighted by molar-refractivity contribution is 5.77. The van der Waals surface area contributed by atoms with E-state index in [-0.39, 0.29) is 11.9 Å². The summed E-state index contributed by atoms with van der Waals surface area (Å²) in [5.41, 5.74) is 5.97. The van der Waals surface area contributed by atoms with Crippen LogP contribution in [0, 0.1) is 0 Å². The number of hydrogen-bond acceptors (Lipinski definition) is 3. The maximum atomic E-state index is 11.5. The molecule has 1 fully saturated rings. The molecule has 0 aromatic rings. The van der Waals surface area contributed by atoms with Gasteiger partial charge in [-0.2, -0.15) is 0 Å². The maximum Gasteiger partial charge on any atom is 0.236 e. The molecule has 0 saturated heterocycles. The van der Waals surface area contributed by atoms with Gasteiger partial charge in [0.05, 0.1) is 6.54 Å². The summed E-state index contributed by atoms with van der Waals surface area (Å²) in [5.74, 6) is 0.145. The number of likely N-dealkylation sites (N-methyl/N-ethyl adjacent to an activating group) is 2. The highest BCUT2D eigenvalue weighted by atomic mass is 16.2. The summed E-state index contributed by atoms with van der Waals surface area (Å²) in [6.45, 7) is 0.478. The van der Waals surface area contributed by atoms with Gasteiger partial charge < -0.3 is 10.6 Å². The van der Waals surface area contributed by atoms with E-state index in [1.165, 1.54) is 6.42 Å². The molecule has 82 valence electrons. The predicted octanol–water partition coefficient (Wildman–Crippen LogP) is -0.114. The molecule has 2 atom stereocenters. The predicted molar refractivity (Wildman–Crippen MR) is 56.9 cm³/mol. The first kappa shape index (κ1) is 11.5. The summed E-state index contributed by atoms with van der Waals surface area (Å²) < 4.78 is 0. The summed E-state index contributed by atoms with van der Waals surface area (Å²) in [4.78, 5) is 15.2. The van der Waals surface area contributed by atoms with Crippen LogP contribution in [0.2, 0.25) is 0 Å². The minimum atomic E-state index is 0.145. The van der Waals surface area contributed by atoms with E-state index in [0.29, 0.717) is 12.6 Å². The minimum Gasteiger partial charge on any atom is -0.348 e.